The fourth-order valence-electron chi connectivity index (χ4n) is 3.22. The van der Waals surface area contributed by atoms with E-state index in [9.17, 15) is 13.2 Å². The van der Waals surface area contributed by atoms with Crippen molar-refractivity contribution in [1.29, 1.82) is 0 Å². The number of alkyl halides is 3. The average Bonchev–Trinajstić information content (AvgIpc) is 3.18. The smallest absolute Gasteiger partial charge is 0.476 e. The molecule has 4 rings (SSSR count). The van der Waals surface area contributed by atoms with Gasteiger partial charge in [-0.3, -0.25) is 5.14 Å². The summed E-state index contributed by atoms with van der Waals surface area (Å²) in [6, 6.07) is 7.60. The maximum Gasteiger partial charge on any atom is 1.00 e. The third-order valence-corrected chi connectivity index (χ3v) is 6.08. The number of rotatable bonds is 7. The molecule has 0 radical (unpaired) electrons. The zero-order valence-electron chi connectivity index (χ0n) is 17.6. The van der Waals surface area contributed by atoms with Gasteiger partial charge in [0.1, 0.15) is 5.56 Å². The molecule has 0 spiro atoms. The zero-order chi connectivity index (χ0) is 21.1. The van der Waals surface area contributed by atoms with Crippen LogP contribution in [0, 0.1) is 13.3 Å². The first-order chi connectivity index (χ1) is 14.4. The van der Waals surface area contributed by atoms with Crippen LogP contribution in [0.3, 0.4) is 0 Å². The Morgan fingerprint density at radius 3 is 2.41 bits per heavy atom. The molecule has 6 nitrogen and oxygen atoms in total. The molecule has 1 aliphatic rings. The predicted octanol–water partition coefficient (Wildman–Crippen LogP) is 2.69. The third kappa shape index (κ3) is 7.09. The summed E-state index contributed by atoms with van der Waals surface area (Å²) in [4.78, 5) is 9.67. The number of anilines is 2. The summed E-state index contributed by atoms with van der Waals surface area (Å²) in [6.07, 6.45) is 0.759. The Hall–Kier alpha value is -0.318. The molecule has 0 bridgehead atoms. The maximum absolute atomic E-state index is 12.9. The summed E-state index contributed by atoms with van der Waals surface area (Å²) < 4.78 is 47.6. The van der Waals surface area contributed by atoms with Crippen molar-refractivity contribution in [3.05, 3.63) is 60.6 Å². The van der Waals surface area contributed by atoms with Crippen LogP contribution in [0.25, 0.3) is 0 Å². The Morgan fingerprint density at radius 1 is 1.16 bits per heavy atom. The molecular weight excluding hydrogens is 580 g/mol. The van der Waals surface area contributed by atoms with Gasteiger partial charge in [0, 0.05) is 28.4 Å². The van der Waals surface area contributed by atoms with Crippen molar-refractivity contribution >= 4 is 35.1 Å². The van der Waals surface area contributed by atoms with E-state index >= 15 is 0 Å². The minimum Gasteiger partial charge on any atom is -0.476 e. The summed E-state index contributed by atoms with van der Waals surface area (Å²) in [5.41, 5.74) is 1.06. The van der Waals surface area contributed by atoms with Gasteiger partial charge < -0.3 is 17.5 Å². The van der Waals surface area contributed by atoms with E-state index in [1.807, 2.05) is 24.3 Å². The van der Waals surface area contributed by atoms with Crippen LogP contribution in [-0.2, 0) is 6.18 Å². The van der Waals surface area contributed by atoms with E-state index in [0.29, 0.717) is 5.95 Å². The molecule has 3 N–H and O–H groups in total. The number of halogens is 3. The molecule has 3 aromatic rings. The molecule has 1 aromatic carbocycles. The minimum absolute atomic E-state index is 0. The van der Waals surface area contributed by atoms with Gasteiger partial charge in [0.05, 0.1) is 6.61 Å². The van der Waals surface area contributed by atoms with Gasteiger partial charge in [-0.05, 0) is 78.0 Å². The first-order valence-corrected chi connectivity index (χ1v) is 10.8. The molecule has 0 aliphatic heterocycles. The van der Waals surface area contributed by atoms with E-state index < -0.39 is 11.7 Å². The van der Waals surface area contributed by atoms with E-state index in [-0.39, 0.29) is 101 Å². The van der Waals surface area contributed by atoms with Crippen molar-refractivity contribution in [2.75, 3.05) is 11.9 Å². The summed E-state index contributed by atoms with van der Waals surface area (Å²) in [5.74, 6) is 0.641. The zero-order valence-corrected chi connectivity index (χ0v) is 25.5. The molecule has 1 fully saturated rings. The van der Waals surface area contributed by atoms with E-state index in [4.69, 9.17) is 9.88 Å². The molecule has 0 amide bonds. The minimum atomic E-state index is -4.44. The third-order valence-electron chi connectivity index (χ3n) is 4.92. The molecule has 0 atom stereocenters. The Bertz CT molecular complexity index is 980. The molecular formula is C20H21CsF3N5OS2. The topological polar surface area (TPSA) is 86.0 Å². The van der Waals surface area contributed by atoms with E-state index in [1.165, 1.54) is 11.9 Å². The van der Waals surface area contributed by atoms with Crippen molar-refractivity contribution in [1.82, 2.24) is 14.3 Å². The van der Waals surface area contributed by atoms with Gasteiger partial charge in [-0.2, -0.15) is 17.5 Å². The molecule has 1 aliphatic carbocycles. The normalized spacial score (nSPS) is 17.5. The number of nitrogens with one attached hydrogen (secondary N) is 1. The fraction of sp³-hybridized carbons (Fsp3) is 0.300. The van der Waals surface area contributed by atoms with Crippen molar-refractivity contribution in [3.63, 3.8) is 0 Å². The average molecular weight is 601 g/mol. The van der Waals surface area contributed by atoms with Crippen LogP contribution in [0.2, 0.25) is 0 Å². The number of benzene rings is 1. The molecule has 0 unspecified atom stereocenters. The second-order valence-electron chi connectivity index (χ2n) is 6.98. The van der Waals surface area contributed by atoms with Crippen molar-refractivity contribution in [3.8, 4) is 5.88 Å². The van der Waals surface area contributed by atoms with Crippen LogP contribution in [0.1, 0.15) is 29.9 Å². The van der Waals surface area contributed by atoms with Gasteiger partial charge in [0.2, 0.25) is 11.8 Å². The fourth-order valence-corrected chi connectivity index (χ4v) is 4.15. The van der Waals surface area contributed by atoms with Gasteiger partial charge in [-0.15, -0.1) is 0 Å². The first kappa shape index (κ1) is 27.9. The van der Waals surface area contributed by atoms with Crippen molar-refractivity contribution < 1.29 is 86.8 Å². The number of aromatic nitrogens is 3. The summed E-state index contributed by atoms with van der Waals surface area (Å²) in [7, 11) is 0. The van der Waals surface area contributed by atoms with Gasteiger partial charge in [0.25, 0.3) is 0 Å². The van der Waals surface area contributed by atoms with Crippen LogP contribution in [0.5, 0.6) is 5.88 Å². The number of nitrogens with zero attached hydrogens (tertiary/aromatic N) is 3. The Balaban J connectivity index is 0.00000181. The first-order valence-electron chi connectivity index (χ1n) is 9.12. The second kappa shape index (κ2) is 12.4. The molecule has 166 valence electrons. The van der Waals surface area contributed by atoms with Crippen LogP contribution in [-0.4, -0.2) is 20.9 Å². The van der Waals surface area contributed by atoms with Gasteiger partial charge in [0.15, 0.2) is 0 Å². The number of ether oxygens (including phenoxy) is 1. The van der Waals surface area contributed by atoms with Crippen LogP contribution in [0.4, 0.5) is 24.8 Å². The van der Waals surface area contributed by atoms with Crippen molar-refractivity contribution in [2.45, 2.75) is 29.8 Å². The molecule has 12 heteroatoms. The molecule has 1 saturated carbocycles. The second-order valence-corrected chi connectivity index (χ2v) is 8.32. The molecule has 2 heterocycles. The SMILES string of the molecule is NSc1ccc(Nc2ncc(C3CC(COc4nscc4C(F)(F)F)C3)cn2)cc1.[CH3-].[Cs+]. The summed E-state index contributed by atoms with van der Waals surface area (Å²) in [6.45, 7) is 0.223. The van der Waals surface area contributed by atoms with Crippen LogP contribution in [0.15, 0.2) is 46.9 Å². The number of hydrogen-bond donors (Lipinski definition) is 2. The summed E-state index contributed by atoms with van der Waals surface area (Å²) in [5, 5.41) is 9.61. The maximum atomic E-state index is 12.9. The van der Waals surface area contributed by atoms with Gasteiger partial charge in [-0.25, -0.2) is 9.97 Å². The Morgan fingerprint density at radius 2 is 1.81 bits per heavy atom. The largest absolute Gasteiger partial charge is 1.00 e. The Kier molecular flexibility index (Phi) is 10.8. The van der Waals surface area contributed by atoms with Crippen LogP contribution >= 0.6 is 23.5 Å². The van der Waals surface area contributed by atoms with Crippen molar-refractivity contribution in [2.24, 2.45) is 11.1 Å². The molecule has 0 saturated heterocycles. The number of hydrogen-bond acceptors (Lipinski definition) is 8. The van der Waals surface area contributed by atoms with Crippen LogP contribution < -0.4 is 84.1 Å². The standard InChI is InChI=1S/C19H18F3N5OS2.CH3.Cs/c20-19(21,22)16-10-29-27-17(16)28-9-11-5-12(6-11)13-7-24-18(25-8-13)26-14-1-3-15(30-23)4-2-14;;/h1-4,7-8,10-12H,5-6,9,23H2,(H,24,25,26);1H3;/q;-1;+1. The van der Waals surface area contributed by atoms with E-state index in [0.717, 1.165) is 45.9 Å². The predicted molar refractivity (Wildman–Crippen MR) is 116 cm³/mol. The van der Waals surface area contributed by atoms with Gasteiger partial charge in [-0.1, -0.05) is 0 Å². The van der Waals surface area contributed by atoms with E-state index in [2.05, 4.69) is 19.7 Å². The molecule has 2 aromatic heterocycles. The quantitative estimate of drug-likeness (QED) is 0.318. The monoisotopic (exact) mass is 601 g/mol. The summed E-state index contributed by atoms with van der Waals surface area (Å²) >= 11 is 1.93. The van der Waals surface area contributed by atoms with Gasteiger partial charge >= 0.3 is 75.1 Å². The molecule has 32 heavy (non-hydrogen) atoms. The number of nitrogens with two attached hydrogens (primary N) is 1. The Labute approximate surface area is 252 Å². The van der Waals surface area contributed by atoms with E-state index in [1.54, 1.807) is 12.4 Å².